The van der Waals surface area contributed by atoms with Crippen molar-refractivity contribution in [1.82, 2.24) is 0 Å². The van der Waals surface area contributed by atoms with E-state index < -0.39 is 17.1 Å². The molecule has 0 bridgehead atoms. The van der Waals surface area contributed by atoms with Crippen LogP contribution in [-0.4, -0.2) is 22.2 Å². The van der Waals surface area contributed by atoms with Crippen molar-refractivity contribution in [3.05, 3.63) is 0 Å². The van der Waals surface area contributed by atoms with Gasteiger partial charge in [0.2, 0.25) is 5.92 Å². The summed E-state index contributed by atoms with van der Waals surface area (Å²) in [6.07, 6.45) is 1.05. The van der Waals surface area contributed by atoms with Crippen molar-refractivity contribution in [1.29, 1.82) is 0 Å². The van der Waals surface area contributed by atoms with Gasteiger partial charge in [-0.15, -0.1) is 0 Å². The number of rotatable bonds is 3. The predicted octanol–water partition coefficient (Wildman–Crippen LogP) is 2.44. The smallest absolute Gasteiger partial charge is 0.248 e. The minimum Gasteiger partial charge on any atom is -0.388 e. The molecule has 0 aromatic carbocycles. The summed E-state index contributed by atoms with van der Waals surface area (Å²) in [6.45, 7) is 3.70. The molecule has 0 aliphatic heterocycles. The van der Waals surface area contributed by atoms with Gasteiger partial charge in [0.25, 0.3) is 0 Å². The van der Waals surface area contributed by atoms with Crippen LogP contribution in [0.2, 0.25) is 0 Å². The number of halogens is 2. The van der Waals surface area contributed by atoms with E-state index in [-0.39, 0.29) is 25.7 Å². The lowest BCUT2D eigenvalue weighted by atomic mass is 9.67. The zero-order chi connectivity index (χ0) is 11.7. The summed E-state index contributed by atoms with van der Waals surface area (Å²) in [4.78, 5) is 0. The lowest BCUT2D eigenvalue weighted by Crippen LogP contribution is -2.62. The van der Waals surface area contributed by atoms with Gasteiger partial charge in [0, 0.05) is 18.4 Å². The minimum atomic E-state index is -2.59. The quantitative estimate of drug-likeness (QED) is 0.769. The second kappa shape index (κ2) is 3.98. The highest BCUT2D eigenvalue weighted by Crippen LogP contribution is 2.44. The molecule has 0 heterocycles. The van der Waals surface area contributed by atoms with Gasteiger partial charge in [0.1, 0.15) is 0 Å². The fourth-order valence-electron chi connectivity index (χ4n) is 2.48. The van der Waals surface area contributed by atoms with E-state index in [1.807, 2.05) is 13.8 Å². The van der Waals surface area contributed by atoms with Crippen molar-refractivity contribution < 1.29 is 13.9 Å². The molecule has 1 rings (SSSR count). The van der Waals surface area contributed by atoms with E-state index >= 15 is 0 Å². The number of nitrogens with two attached hydrogens (primary N) is 1. The molecule has 0 aromatic rings. The number of hydrogen-bond donors (Lipinski definition) is 2. The maximum absolute atomic E-state index is 13.0. The van der Waals surface area contributed by atoms with Crippen LogP contribution >= 0.6 is 0 Å². The molecule has 2 nitrogen and oxygen atoms in total. The molecular formula is C11H21F2NO. The van der Waals surface area contributed by atoms with Crippen LogP contribution in [0.4, 0.5) is 8.78 Å². The molecule has 0 unspecified atom stereocenters. The third kappa shape index (κ3) is 2.31. The van der Waals surface area contributed by atoms with Gasteiger partial charge in [0.15, 0.2) is 0 Å². The molecule has 0 atom stereocenters. The standard InChI is InChI=1S/C11H21F2NO/c1-3-10(15,4-2)9(14)5-7-11(12,13)8-6-9/h15H,3-8,14H2,1-2H3. The van der Waals surface area contributed by atoms with E-state index in [1.54, 1.807) is 0 Å². The van der Waals surface area contributed by atoms with Crippen molar-refractivity contribution >= 4 is 0 Å². The number of hydrogen-bond acceptors (Lipinski definition) is 2. The van der Waals surface area contributed by atoms with Gasteiger partial charge in [-0.05, 0) is 25.7 Å². The summed E-state index contributed by atoms with van der Waals surface area (Å²) < 4.78 is 26.0. The summed E-state index contributed by atoms with van der Waals surface area (Å²) in [6, 6.07) is 0. The molecular weight excluding hydrogens is 200 g/mol. The highest BCUT2D eigenvalue weighted by atomic mass is 19.3. The van der Waals surface area contributed by atoms with Crippen LogP contribution in [0.3, 0.4) is 0 Å². The Balaban J connectivity index is 2.77. The monoisotopic (exact) mass is 221 g/mol. The van der Waals surface area contributed by atoms with Crippen LogP contribution in [-0.2, 0) is 0 Å². The van der Waals surface area contributed by atoms with E-state index in [0.29, 0.717) is 12.8 Å². The Labute approximate surface area is 89.8 Å². The zero-order valence-corrected chi connectivity index (χ0v) is 9.52. The molecule has 0 amide bonds. The Morgan fingerprint density at radius 2 is 1.53 bits per heavy atom. The van der Waals surface area contributed by atoms with Gasteiger partial charge in [-0.25, -0.2) is 8.78 Å². The largest absolute Gasteiger partial charge is 0.388 e. The average Bonchev–Trinajstić information content (AvgIpc) is 2.21. The summed E-state index contributed by atoms with van der Waals surface area (Å²) in [5.74, 6) is -2.59. The highest BCUT2D eigenvalue weighted by molar-refractivity contribution is 5.05. The van der Waals surface area contributed by atoms with Crippen molar-refractivity contribution in [3.63, 3.8) is 0 Å². The van der Waals surface area contributed by atoms with Crippen molar-refractivity contribution in [2.24, 2.45) is 5.73 Å². The van der Waals surface area contributed by atoms with Gasteiger partial charge < -0.3 is 10.8 Å². The molecule has 90 valence electrons. The summed E-state index contributed by atoms with van der Waals surface area (Å²) >= 11 is 0. The van der Waals surface area contributed by atoms with Gasteiger partial charge in [-0.1, -0.05) is 13.8 Å². The molecule has 15 heavy (non-hydrogen) atoms. The van der Waals surface area contributed by atoms with Gasteiger partial charge >= 0.3 is 0 Å². The van der Waals surface area contributed by atoms with Crippen LogP contribution in [0.15, 0.2) is 0 Å². The third-order valence-electron chi connectivity index (χ3n) is 3.97. The van der Waals surface area contributed by atoms with Crippen molar-refractivity contribution in [2.45, 2.75) is 69.4 Å². The average molecular weight is 221 g/mol. The van der Waals surface area contributed by atoms with Gasteiger partial charge in [-0.3, -0.25) is 0 Å². The van der Waals surface area contributed by atoms with Gasteiger partial charge in [0.05, 0.1) is 5.60 Å². The Morgan fingerprint density at radius 3 is 1.87 bits per heavy atom. The first-order chi connectivity index (χ1) is 6.79. The molecule has 0 radical (unpaired) electrons. The first kappa shape index (κ1) is 12.8. The molecule has 0 saturated heterocycles. The second-order valence-electron chi connectivity index (χ2n) is 4.75. The van der Waals surface area contributed by atoms with Crippen LogP contribution < -0.4 is 5.73 Å². The van der Waals surface area contributed by atoms with E-state index in [1.165, 1.54) is 0 Å². The summed E-state index contributed by atoms with van der Waals surface area (Å²) in [7, 11) is 0. The van der Waals surface area contributed by atoms with E-state index in [0.717, 1.165) is 0 Å². The summed E-state index contributed by atoms with van der Waals surface area (Å²) in [5, 5.41) is 10.3. The molecule has 4 heteroatoms. The predicted molar refractivity (Wildman–Crippen MR) is 55.9 cm³/mol. The minimum absolute atomic E-state index is 0.203. The molecule has 1 saturated carbocycles. The van der Waals surface area contributed by atoms with Gasteiger partial charge in [-0.2, -0.15) is 0 Å². The third-order valence-corrected chi connectivity index (χ3v) is 3.97. The molecule has 0 spiro atoms. The number of alkyl halides is 2. The van der Waals surface area contributed by atoms with E-state index in [9.17, 15) is 13.9 Å². The normalized spacial score (nSPS) is 25.2. The van der Waals surface area contributed by atoms with Crippen LogP contribution in [0.25, 0.3) is 0 Å². The lowest BCUT2D eigenvalue weighted by Gasteiger charge is -2.48. The first-order valence-corrected chi connectivity index (χ1v) is 5.68. The Hall–Kier alpha value is -0.220. The molecule has 0 aromatic heterocycles. The maximum Gasteiger partial charge on any atom is 0.248 e. The molecule has 1 fully saturated rings. The topological polar surface area (TPSA) is 46.2 Å². The van der Waals surface area contributed by atoms with Crippen LogP contribution in [0.5, 0.6) is 0 Å². The first-order valence-electron chi connectivity index (χ1n) is 5.68. The highest BCUT2D eigenvalue weighted by Gasteiger charge is 2.50. The van der Waals surface area contributed by atoms with E-state index in [2.05, 4.69) is 0 Å². The van der Waals surface area contributed by atoms with Crippen LogP contribution in [0, 0.1) is 0 Å². The lowest BCUT2D eigenvalue weighted by molar-refractivity contribution is -0.110. The second-order valence-corrected chi connectivity index (χ2v) is 4.75. The van der Waals surface area contributed by atoms with Crippen molar-refractivity contribution in [2.75, 3.05) is 0 Å². The molecule has 3 N–H and O–H groups in total. The van der Waals surface area contributed by atoms with E-state index in [4.69, 9.17) is 5.73 Å². The molecule has 1 aliphatic rings. The SMILES string of the molecule is CCC(O)(CC)C1(N)CCC(F)(F)CC1. The number of aliphatic hydroxyl groups is 1. The Bertz CT molecular complexity index is 217. The fourth-order valence-corrected chi connectivity index (χ4v) is 2.48. The van der Waals surface area contributed by atoms with Crippen molar-refractivity contribution in [3.8, 4) is 0 Å². The summed E-state index contributed by atoms with van der Waals surface area (Å²) in [5.41, 5.74) is 4.26. The van der Waals surface area contributed by atoms with Crippen LogP contribution in [0.1, 0.15) is 52.4 Å². The fraction of sp³-hybridized carbons (Fsp3) is 1.00. The maximum atomic E-state index is 13.0. The Morgan fingerprint density at radius 1 is 1.13 bits per heavy atom. The molecule has 1 aliphatic carbocycles. The Kier molecular flexibility index (Phi) is 3.41. The zero-order valence-electron chi connectivity index (χ0n) is 9.52.